The molecule has 1 aromatic carbocycles. The van der Waals surface area contributed by atoms with E-state index >= 15 is 0 Å². The van der Waals surface area contributed by atoms with E-state index in [0.717, 1.165) is 28.6 Å². The van der Waals surface area contributed by atoms with Gasteiger partial charge in [0.2, 0.25) is 5.91 Å². The molecule has 2 aromatic rings. The van der Waals surface area contributed by atoms with Crippen LogP contribution < -0.4 is 10.9 Å². The number of para-hydroxylation sites is 1. The molecule has 1 aromatic heterocycles. The van der Waals surface area contributed by atoms with Gasteiger partial charge >= 0.3 is 5.97 Å². The fraction of sp³-hybridized carbons (Fsp3) is 0.312. The van der Waals surface area contributed by atoms with Crippen LogP contribution in [0.15, 0.2) is 28.2 Å². The highest BCUT2D eigenvalue weighted by Crippen LogP contribution is 2.20. The molecule has 0 aliphatic heterocycles. The number of thioether (sulfide) groups is 1. The Morgan fingerprint density at radius 3 is 2.52 bits per heavy atom. The van der Waals surface area contributed by atoms with E-state index in [0.29, 0.717) is 0 Å². The summed E-state index contributed by atoms with van der Waals surface area (Å²) < 4.78 is 0. The van der Waals surface area contributed by atoms with Crippen LogP contribution in [0.2, 0.25) is 0 Å². The second kappa shape index (κ2) is 8.43. The molecule has 8 nitrogen and oxygen atoms in total. The van der Waals surface area contributed by atoms with Gasteiger partial charge in [-0.3, -0.25) is 19.4 Å². The third kappa shape index (κ3) is 5.42. The Bertz CT molecular complexity index is 830. The first kappa shape index (κ1) is 18.7. The normalized spacial score (nSPS) is 10.5. The number of aromatic amines is 1. The van der Waals surface area contributed by atoms with Crippen LogP contribution in [-0.4, -0.2) is 37.9 Å². The number of H-pyrrole nitrogens is 1. The first-order chi connectivity index (χ1) is 11.9. The van der Waals surface area contributed by atoms with Gasteiger partial charge in [0.05, 0.1) is 12.2 Å². The van der Waals surface area contributed by atoms with Gasteiger partial charge in [0.1, 0.15) is 5.69 Å². The van der Waals surface area contributed by atoms with Crippen molar-refractivity contribution in [2.75, 3.05) is 11.1 Å². The molecule has 9 heteroatoms. The minimum absolute atomic E-state index is 0.00958. The molecule has 1 amide bonds. The van der Waals surface area contributed by atoms with Gasteiger partial charge in [0.15, 0.2) is 5.16 Å². The number of rotatable bonds is 7. The second-order valence-corrected chi connectivity index (χ2v) is 6.37. The molecule has 0 aliphatic rings. The second-order valence-electron chi connectivity index (χ2n) is 5.40. The van der Waals surface area contributed by atoms with E-state index < -0.39 is 11.5 Å². The standard InChI is InChI=1S/C16H18N4O4S/c1-9-4-3-5-10(2)14(9)17-12(21)8-25-16-18-15(24)11(19-20-16)6-7-13(22)23/h3-5H,6-8H2,1-2H3,(H,17,21)(H,22,23)(H,18,20,24). The Kier molecular flexibility index (Phi) is 6.29. The molecule has 3 N–H and O–H groups in total. The van der Waals surface area contributed by atoms with E-state index in [1.54, 1.807) is 0 Å². The number of amides is 1. The van der Waals surface area contributed by atoms with Crippen molar-refractivity contribution in [2.24, 2.45) is 0 Å². The summed E-state index contributed by atoms with van der Waals surface area (Å²) >= 11 is 1.05. The van der Waals surface area contributed by atoms with Crippen LogP contribution >= 0.6 is 11.8 Å². The van der Waals surface area contributed by atoms with Crippen molar-refractivity contribution in [3.8, 4) is 0 Å². The predicted molar refractivity (Wildman–Crippen MR) is 93.9 cm³/mol. The summed E-state index contributed by atoms with van der Waals surface area (Å²) in [5, 5.41) is 19.2. The largest absolute Gasteiger partial charge is 0.481 e. The van der Waals surface area contributed by atoms with Crippen LogP contribution in [0.4, 0.5) is 5.69 Å². The fourth-order valence-corrected chi connectivity index (χ4v) is 2.72. The highest BCUT2D eigenvalue weighted by Gasteiger charge is 2.11. The van der Waals surface area contributed by atoms with Crippen molar-refractivity contribution in [1.29, 1.82) is 0 Å². The summed E-state index contributed by atoms with van der Waals surface area (Å²) in [5.74, 6) is -1.17. The summed E-state index contributed by atoms with van der Waals surface area (Å²) in [4.78, 5) is 36.9. The maximum absolute atomic E-state index is 12.1. The summed E-state index contributed by atoms with van der Waals surface area (Å²) in [6, 6.07) is 5.74. The van der Waals surface area contributed by atoms with Crippen LogP contribution in [0.5, 0.6) is 0 Å². The number of anilines is 1. The van der Waals surface area contributed by atoms with Gasteiger partial charge in [-0.1, -0.05) is 30.0 Å². The number of aliphatic carboxylic acids is 1. The average Bonchev–Trinajstić information content (AvgIpc) is 2.55. The number of benzene rings is 1. The number of carboxylic acid groups (broad SMARTS) is 1. The molecule has 0 bridgehead atoms. The summed E-state index contributed by atoms with van der Waals surface area (Å²) in [6.07, 6.45) is -0.182. The number of nitrogens with one attached hydrogen (secondary N) is 2. The summed E-state index contributed by atoms with van der Waals surface area (Å²) in [6.45, 7) is 3.82. The van der Waals surface area contributed by atoms with Crippen molar-refractivity contribution in [3.05, 3.63) is 45.4 Å². The summed E-state index contributed by atoms with van der Waals surface area (Å²) in [5.41, 5.74) is 2.28. The number of carboxylic acids is 1. The van der Waals surface area contributed by atoms with E-state index in [9.17, 15) is 14.4 Å². The first-order valence-corrected chi connectivity index (χ1v) is 8.52. The van der Waals surface area contributed by atoms with Crippen molar-refractivity contribution in [1.82, 2.24) is 15.2 Å². The van der Waals surface area contributed by atoms with Gasteiger partial charge < -0.3 is 10.4 Å². The molecule has 0 spiro atoms. The zero-order valence-electron chi connectivity index (χ0n) is 13.8. The van der Waals surface area contributed by atoms with Crippen molar-refractivity contribution in [3.63, 3.8) is 0 Å². The molecule has 0 unspecified atom stereocenters. The molecule has 1 heterocycles. The van der Waals surface area contributed by atoms with E-state index in [1.165, 1.54) is 0 Å². The van der Waals surface area contributed by atoms with Gasteiger partial charge in [-0.15, -0.1) is 10.2 Å². The van der Waals surface area contributed by atoms with Crippen LogP contribution in [0.3, 0.4) is 0 Å². The third-order valence-electron chi connectivity index (χ3n) is 3.41. The number of nitrogens with zero attached hydrogens (tertiary/aromatic N) is 2. The molecule has 2 rings (SSSR count). The zero-order chi connectivity index (χ0) is 18.4. The van der Waals surface area contributed by atoms with Gasteiger partial charge in [-0.05, 0) is 25.0 Å². The number of hydrogen-bond donors (Lipinski definition) is 3. The molecule has 0 fully saturated rings. The van der Waals surface area contributed by atoms with Crippen LogP contribution in [-0.2, 0) is 16.0 Å². The first-order valence-electron chi connectivity index (χ1n) is 7.53. The number of carbonyl (C=O) groups excluding carboxylic acids is 1. The Hall–Kier alpha value is -2.68. The Morgan fingerprint density at radius 2 is 1.92 bits per heavy atom. The monoisotopic (exact) mass is 362 g/mol. The number of aromatic nitrogens is 3. The molecular weight excluding hydrogens is 344 g/mol. The smallest absolute Gasteiger partial charge is 0.303 e. The zero-order valence-corrected chi connectivity index (χ0v) is 14.6. The lowest BCUT2D eigenvalue weighted by molar-refractivity contribution is -0.137. The number of carbonyl (C=O) groups is 2. The third-order valence-corrected chi connectivity index (χ3v) is 4.27. The molecule has 0 saturated heterocycles. The highest BCUT2D eigenvalue weighted by atomic mass is 32.2. The molecule has 132 valence electrons. The topological polar surface area (TPSA) is 125 Å². The van der Waals surface area contributed by atoms with Crippen LogP contribution in [0.25, 0.3) is 0 Å². The van der Waals surface area contributed by atoms with Crippen molar-refractivity contribution < 1.29 is 14.7 Å². The van der Waals surface area contributed by atoms with E-state index in [4.69, 9.17) is 5.11 Å². The van der Waals surface area contributed by atoms with Gasteiger partial charge in [-0.25, -0.2) is 0 Å². The lowest BCUT2D eigenvalue weighted by Crippen LogP contribution is -2.20. The van der Waals surface area contributed by atoms with Crippen molar-refractivity contribution in [2.45, 2.75) is 31.8 Å². The van der Waals surface area contributed by atoms with E-state index in [1.807, 2.05) is 32.0 Å². The minimum atomic E-state index is -1.01. The maximum Gasteiger partial charge on any atom is 0.303 e. The van der Waals surface area contributed by atoms with E-state index in [-0.39, 0.29) is 35.4 Å². The van der Waals surface area contributed by atoms with Gasteiger partial charge in [0, 0.05) is 12.1 Å². The quantitative estimate of drug-likeness (QED) is 0.638. The van der Waals surface area contributed by atoms with E-state index in [2.05, 4.69) is 20.5 Å². The molecule has 0 saturated carbocycles. The lowest BCUT2D eigenvalue weighted by atomic mass is 10.1. The van der Waals surface area contributed by atoms with Crippen LogP contribution in [0, 0.1) is 13.8 Å². The SMILES string of the molecule is Cc1cccc(C)c1NC(=O)CSc1nnc(CCC(=O)O)c(=O)[nH]1. The fourth-order valence-electron chi connectivity index (χ4n) is 2.12. The van der Waals surface area contributed by atoms with Crippen LogP contribution in [0.1, 0.15) is 23.2 Å². The minimum Gasteiger partial charge on any atom is -0.481 e. The van der Waals surface area contributed by atoms with Crippen molar-refractivity contribution >= 4 is 29.3 Å². The van der Waals surface area contributed by atoms with Gasteiger partial charge in [-0.2, -0.15) is 0 Å². The Morgan fingerprint density at radius 1 is 1.24 bits per heavy atom. The number of hydrogen-bond acceptors (Lipinski definition) is 6. The highest BCUT2D eigenvalue weighted by molar-refractivity contribution is 7.99. The molecule has 0 atom stereocenters. The number of aryl methyl sites for hydroxylation is 3. The maximum atomic E-state index is 12.1. The Labute approximate surface area is 148 Å². The lowest BCUT2D eigenvalue weighted by Gasteiger charge is -2.11. The average molecular weight is 362 g/mol. The van der Waals surface area contributed by atoms with Gasteiger partial charge in [0.25, 0.3) is 5.56 Å². The molecule has 0 aliphatic carbocycles. The molecule has 0 radical (unpaired) electrons. The molecule has 25 heavy (non-hydrogen) atoms. The molecular formula is C16H18N4O4S. The predicted octanol–water partition coefficient (Wildman–Crippen LogP) is 1.53. The summed E-state index contributed by atoms with van der Waals surface area (Å²) in [7, 11) is 0. The Balaban J connectivity index is 1.94.